The van der Waals surface area contributed by atoms with E-state index in [1.54, 1.807) is 32.9 Å². The second kappa shape index (κ2) is 11.1. The van der Waals surface area contributed by atoms with E-state index in [1.165, 1.54) is 16.0 Å². The lowest BCUT2D eigenvalue weighted by Crippen LogP contribution is -2.61. The number of aliphatic hydroxyl groups is 1. The maximum absolute atomic E-state index is 15.2. The first kappa shape index (κ1) is 30.5. The second-order valence-electron chi connectivity index (χ2n) is 13.7. The van der Waals surface area contributed by atoms with Crippen LogP contribution < -0.4 is 15.4 Å². The van der Waals surface area contributed by atoms with E-state index in [0.717, 1.165) is 0 Å². The Morgan fingerprint density at radius 1 is 1.36 bits per heavy atom. The van der Waals surface area contributed by atoms with Crippen LogP contribution in [-0.4, -0.2) is 100 Å². The molecule has 2 saturated heterocycles. The number of halogens is 2. The molecule has 0 aromatic carbocycles. The Kier molecular flexibility index (Phi) is 7.68. The number of likely N-dealkylation sites (tertiary alicyclic amines) is 2. The molecular formula is C30H38F2N6O6. The summed E-state index contributed by atoms with van der Waals surface area (Å²) in [7, 11) is 0. The maximum Gasteiger partial charge on any atom is 0.407 e. The number of carbonyl (C=O) groups excluding carboxylic acids is 3. The number of pyridine rings is 1. The molecule has 2 bridgehead atoms. The van der Waals surface area contributed by atoms with E-state index < -0.39 is 72.7 Å². The lowest BCUT2D eigenvalue weighted by Gasteiger charge is -2.42. The van der Waals surface area contributed by atoms with Crippen molar-refractivity contribution in [3.8, 4) is 11.8 Å². The average molecular weight is 617 g/mol. The van der Waals surface area contributed by atoms with Crippen LogP contribution in [0.3, 0.4) is 0 Å². The smallest absolute Gasteiger partial charge is 0.407 e. The van der Waals surface area contributed by atoms with Gasteiger partial charge in [0.05, 0.1) is 18.7 Å². The molecule has 0 radical (unpaired) electrons. The largest absolute Gasteiger partial charge is 0.472 e. The molecular weight excluding hydrogens is 578 g/mol. The summed E-state index contributed by atoms with van der Waals surface area (Å²) < 4.78 is 38.9. The van der Waals surface area contributed by atoms with E-state index in [4.69, 9.17) is 9.47 Å². The van der Waals surface area contributed by atoms with E-state index in [9.17, 15) is 29.1 Å². The Morgan fingerprint density at radius 3 is 2.84 bits per heavy atom. The number of fused-ring (bicyclic) bond motifs is 6. The summed E-state index contributed by atoms with van der Waals surface area (Å²) in [5.41, 5.74) is -2.29. The van der Waals surface area contributed by atoms with Crippen LogP contribution in [0.25, 0.3) is 0 Å². The third-order valence-corrected chi connectivity index (χ3v) is 10.2. The molecule has 1 aromatic heterocycles. The van der Waals surface area contributed by atoms with Crippen molar-refractivity contribution in [3.63, 3.8) is 0 Å². The summed E-state index contributed by atoms with van der Waals surface area (Å²) in [5.74, 6) is -1.18. The summed E-state index contributed by atoms with van der Waals surface area (Å²) >= 11 is 0. The van der Waals surface area contributed by atoms with Crippen LogP contribution in [0.5, 0.6) is 5.75 Å². The van der Waals surface area contributed by atoms with Crippen LogP contribution in [0, 0.1) is 40.4 Å². The van der Waals surface area contributed by atoms with Crippen LogP contribution in [0.1, 0.15) is 40.0 Å². The number of amides is 3. The van der Waals surface area contributed by atoms with Crippen molar-refractivity contribution in [1.82, 2.24) is 20.1 Å². The molecule has 3 amide bonds. The highest BCUT2D eigenvalue weighted by atomic mass is 19.1. The molecule has 10 atom stereocenters. The molecule has 4 fully saturated rings. The lowest BCUT2D eigenvalue weighted by molar-refractivity contribution is -0.146. The van der Waals surface area contributed by atoms with Crippen molar-refractivity contribution < 1.29 is 37.7 Å². The van der Waals surface area contributed by atoms with E-state index in [0.29, 0.717) is 18.6 Å². The van der Waals surface area contributed by atoms with Crippen LogP contribution >= 0.6 is 0 Å². The highest BCUT2D eigenvalue weighted by Gasteiger charge is 2.65. The monoisotopic (exact) mass is 616 g/mol. The topological polar surface area (TPSA) is 157 Å². The number of carbonyl (C=O) groups is 3. The molecule has 14 heteroatoms. The van der Waals surface area contributed by atoms with Crippen molar-refractivity contribution in [2.45, 2.75) is 76.2 Å². The quantitative estimate of drug-likeness (QED) is 0.435. The number of hydrogen-bond acceptors (Lipinski definition) is 9. The average Bonchev–Trinajstić information content (AvgIpc) is 3.73. The fraction of sp³-hybridized carbons (Fsp3) is 0.700. The minimum atomic E-state index is -1.49. The molecule has 6 rings (SSSR count). The zero-order chi connectivity index (χ0) is 31.6. The fourth-order valence-electron chi connectivity index (χ4n) is 8.25. The molecule has 1 spiro atoms. The van der Waals surface area contributed by atoms with Gasteiger partial charge < -0.3 is 30.1 Å². The second-order valence-corrected chi connectivity index (χ2v) is 13.7. The van der Waals surface area contributed by atoms with Gasteiger partial charge in [-0.3, -0.25) is 14.5 Å². The summed E-state index contributed by atoms with van der Waals surface area (Å²) in [6, 6.07) is 2.53. The number of anilines is 1. The predicted molar refractivity (Wildman–Crippen MR) is 150 cm³/mol. The van der Waals surface area contributed by atoms with E-state index in [-0.39, 0.29) is 49.0 Å². The van der Waals surface area contributed by atoms with Gasteiger partial charge in [-0.15, -0.1) is 0 Å². The van der Waals surface area contributed by atoms with Gasteiger partial charge in [-0.05, 0) is 54.1 Å². The molecule has 3 aliphatic heterocycles. The molecule has 44 heavy (non-hydrogen) atoms. The van der Waals surface area contributed by atoms with Crippen LogP contribution in [-0.2, 0) is 14.3 Å². The molecule has 12 nitrogen and oxygen atoms in total. The first-order chi connectivity index (χ1) is 20.9. The van der Waals surface area contributed by atoms with Gasteiger partial charge in [0.2, 0.25) is 11.5 Å². The van der Waals surface area contributed by atoms with Crippen molar-refractivity contribution in [3.05, 3.63) is 18.3 Å². The standard InChI is InChI=1S/C30H38F2N6O6/c1-29(2,3)23(35-28(42)43-8-6-31)26(40)37-13-18-15-9-17(19(32)10-15)21(18)22(37)25(39)38-14-30(11-16(38)12-33)27(41)36-24-20(44-30)5-4-7-34-24/h4-5,7,15-19,21-23,25,39H,6,8-11,13-14H2,1-3H3,(H,35,42)(H,34,36,41). The van der Waals surface area contributed by atoms with Gasteiger partial charge in [0.25, 0.3) is 5.91 Å². The van der Waals surface area contributed by atoms with Crippen LogP contribution in [0.15, 0.2) is 18.3 Å². The SMILES string of the molecule is CC(C)(C)C(NC(=O)OCCF)C(=O)N1CC2C3CC(F)C(C3)C2C1C(O)N1CC2(CC1C#N)Oc1cccnc1NC2=O. The van der Waals surface area contributed by atoms with Crippen molar-refractivity contribution in [2.24, 2.45) is 29.1 Å². The zero-order valence-corrected chi connectivity index (χ0v) is 24.9. The van der Waals surface area contributed by atoms with Crippen molar-refractivity contribution in [1.29, 1.82) is 5.26 Å². The van der Waals surface area contributed by atoms with Crippen LogP contribution in [0.2, 0.25) is 0 Å². The summed E-state index contributed by atoms with van der Waals surface area (Å²) in [4.78, 5) is 47.2. The maximum atomic E-state index is 15.2. The van der Waals surface area contributed by atoms with Gasteiger partial charge in [-0.2, -0.15) is 5.26 Å². The number of nitrogens with one attached hydrogen (secondary N) is 2. The number of ether oxygens (including phenoxy) is 2. The number of hydrogen-bond donors (Lipinski definition) is 3. The van der Waals surface area contributed by atoms with Gasteiger partial charge in [0, 0.05) is 19.2 Å². The number of alkyl carbamates (subject to hydrolysis) is 1. The minimum Gasteiger partial charge on any atom is -0.472 e. The Balaban J connectivity index is 1.32. The molecule has 238 valence electrons. The number of rotatable bonds is 6. The molecule has 10 unspecified atom stereocenters. The molecule has 1 aromatic rings. The van der Waals surface area contributed by atoms with Crippen LogP contribution in [0.4, 0.5) is 19.4 Å². The molecule has 2 aliphatic carbocycles. The Labute approximate surface area is 254 Å². The molecule has 5 aliphatic rings. The Morgan fingerprint density at radius 2 is 2.14 bits per heavy atom. The normalized spacial score (nSPS) is 35.3. The number of aliphatic hydroxyl groups excluding tert-OH is 1. The first-order valence-electron chi connectivity index (χ1n) is 15.1. The number of nitrogens with zero attached hydrogens (tertiary/aromatic N) is 4. The molecule has 2 saturated carbocycles. The fourth-order valence-corrected chi connectivity index (χ4v) is 8.25. The Bertz CT molecular complexity index is 1370. The van der Waals surface area contributed by atoms with Gasteiger partial charge >= 0.3 is 6.09 Å². The van der Waals surface area contributed by atoms with Gasteiger partial charge in [0.1, 0.15) is 37.8 Å². The highest BCUT2D eigenvalue weighted by Crippen LogP contribution is 2.59. The summed E-state index contributed by atoms with van der Waals surface area (Å²) in [6.07, 6.45) is -0.945. The number of aromatic nitrogens is 1. The van der Waals surface area contributed by atoms with E-state index in [1.807, 2.05) is 0 Å². The third-order valence-electron chi connectivity index (χ3n) is 10.2. The van der Waals surface area contributed by atoms with Crippen molar-refractivity contribution in [2.75, 3.05) is 31.7 Å². The minimum absolute atomic E-state index is 0.0382. The zero-order valence-electron chi connectivity index (χ0n) is 24.9. The van der Waals surface area contributed by atoms with Gasteiger partial charge in [-0.1, -0.05) is 20.8 Å². The predicted octanol–water partition coefficient (Wildman–Crippen LogP) is 2.00. The van der Waals surface area contributed by atoms with E-state index >= 15 is 4.39 Å². The van der Waals surface area contributed by atoms with E-state index in [2.05, 4.69) is 21.7 Å². The number of nitriles is 1. The molecule has 4 heterocycles. The Hall–Kier alpha value is -3.57. The first-order valence-corrected chi connectivity index (χ1v) is 15.1. The van der Waals surface area contributed by atoms with Crippen molar-refractivity contribution >= 4 is 23.7 Å². The van der Waals surface area contributed by atoms with Gasteiger partial charge in [0.15, 0.2) is 11.6 Å². The summed E-state index contributed by atoms with van der Waals surface area (Å²) in [6.45, 7) is 4.05. The highest BCUT2D eigenvalue weighted by molar-refractivity contribution is 6.00. The number of alkyl halides is 2. The lowest BCUT2D eigenvalue weighted by atomic mass is 9.77. The van der Waals surface area contributed by atoms with Gasteiger partial charge in [-0.25, -0.2) is 18.6 Å². The molecule has 3 N–H and O–H groups in total. The third kappa shape index (κ3) is 4.94. The summed E-state index contributed by atoms with van der Waals surface area (Å²) in [5, 5.41) is 27.6.